The number of hydrogen-bond acceptors (Lipinski definition) is 1. The van der Waals surface area contributed by atoms with Crippen LogP contribution in [-0.4, -0.2) is 0 Å². The molecule has 0 amide bonds. The fraction of sp³-hybridized carbons (Fsp3) is 0.133. The number of benzene rings is 4. The van der Waals surface area contributed by atoms with Gasteiger partial charge in [0.05, 0.1) is 0 Å². The molecule has 1 heteroatoms. The number of rotatable bonds is 6. The maximum Gasteiger partial charge on any atom is 0.0481 e. The third-order valence-electron chi connectivity index (χ3n) is 5.44. The van der Waals surface area contributed by atoms with Gasteiger partial charge >= 0.3 is 0 Å². The molecular formula is C30H29N. The summed E-state index contributed by atoms with van der Waals surface area (Å²) in [6.45, 7) is 7.28. The highest BCUT2D eigenvalue weighted by Gasteiger charge is 2.10. The highest BCUT2D eigenvalue weighted by atomic mass is 15.1. The van der Waals surface area contributed by atoms with Crippen molar-refractivity contribution in [3.63, 3.8) is 0 Å². The van der Waals surface area contributed by atoms with Gasteiger partial charge < -0.3 is 4.90 Å². The predicted molar refractivity (Wildman–Crippen MR) is 135 cm³/mol. The Balaban J connectivity index is 1.60. The molecule has 0 bridgehead atoms. The minimum Gasteiger partial charge on any atom is -0.337 e. The third kappa shape index (κ3) is 5.52. The Morgan fingerprint density at radius 2 is 1.06 bits per heavy atom. The SMILES string of the molecule is Cc1ccc(C=Cc2ccc(N(Cc3cc(C)cc(C)c3)c3ccccc3)cc2)cc1. The summed E-state index contributed by atoms with van der Waals surface area (Å²) in [5.74, 6) is 0. The normalized spacial score (nSPS) is 11.1. The topological polar surface area (TPSA) is 3.24 Å². The number of aryl methyl sites for hydroxylation is 3. The van der Waals surface area contributed by atoms with Crippen LogP contribution in [0, 0.1) is 20.8 Å². The van der Waals surface area contributed by atoms with Gasteiger partial charge in [0.15, 0.2) is 0 Å². The first-order chi connectivity index (χ1) is 15.1. The maximum atomic E-state index is 2.38. The summed E-state index contributed by atoms with van der Waals surface area (Å²) < 4.78 is 0. The van der Waals surface area contributed by atoms with Crippen LogP contribution >= 0.6 is 0 Å². The van der Waals surface area contributed by atoms with Crippen molar-refractivity contribution in [2.45, 2.75) is 27.3 Å². The molecular weight excluding hydrogens is 374 g/mol. The Kier molecular flexibility index (Phi) is 6.33. The van der Waals surface area contributed by atoms with Gasteiger partial charge in [-0.1, -0.05) is 102 Å². The lowest BCUT2D eigenvalue weighted by Gasteiger charge is -2.26. The summed E-state index contributed by atoms with van der Waals surface area (Å²) in [7, 11) is 0. The minimum atomic E-state index is 0.838. The first-order valence-corrected chi connectivity index (χ1v) is 10.8. The van der Waals surface area contributed by atoms with Gasteiger partial charge in [-0.15, -0.1) is 0 Å². The van der Waals surface area contributed by atoms with Crippen LogP contribution in [0.2, 0.25) is 0 Å². The van der Waals surface area contributed by atoms with Gasteiger partial charge in [0.25, 0.3) is 0 Å². The Hall–Kier alpha value is -3.58. The van der Waals surface area contributed by atoms with Gasteiger partial charge in [0, 0.05) is 17.9 Å². The Morgan fingerprint density at radius 3 is 1.65 bits per heavy atom. The zero-order valence-corrected chi connectivity index (χ0v) is 18.5. The molecule has 4 aromatic rings. The van der Waals surface area contributed by atoms with E-state index in [4.69, 9.17) is 0 Å². The summed E-state index contributed by atoms with van der Waals surface area (Å²) in [6, 6.07) is 34.8. The molecule has 0 heterocycles. The van der Waals surface area contributed by atoms with Crippen molar-refractivity contribution in [2.24, 2.45) is 0 Å². The minimum absolute atomic E-state index is 0.838. The van der Waals surface area contributed by atoms with Gasteiger partial charge in [0.1, 0.15) is 0 Å². The molecule has 0 N–H and O–H groups in total. The lowest BCUT2D eigenvalue weighted by Crippen LogP contribution is -2.16. The molecule has 0 saturated carbocycles. The summed E-state index contributed by atoms with van der Waals surface area (Å²) >= 11 is 0. The average Bonchev–Trinajstić information content (AvgIpc) is 2.77. The Labute approximate surface area is 186 Å². The smallest absolute Gasteiger partial charge is 0.0481 e. The van der Waals surface area contributed by atoms with Gasteiger partial charge in [-0.3, -0.25) is 0 Å². The van der Waals surface area contributed by atoms with E-state index in [0.717, 1.165) is 6.54 Å². The molecule has 154 valence electrons. The lowest BCUT2D eigenvalue weighted by atomic mass is 10.1. The first-order valence-electron chi connectivity index (χ1n) is 10.8. The Morgan fingerprint density at radius 1 is 0.548 bits per heavy atom. The van der Waals surface area contributed by atoms with Crippen molar-refractivity contribution in [3.05, 3.63) is 130 Å². The number of para-hydroxylation sites is 1. The van der Waals surface area contributed by atoms with E-state index in [-0.39, 0.29) is 0 Å². The summed E-state index contributed by atoms with van der Waals surface area (Å²) in [5.41, 5.74) is 10.0. The van der Waals surface area contributed by atoms with Crippen LogP contribution < -0.4 is 4.90 Å². The molecule has 0 aliphatic heterocycles. The van der Waals surface area contributed by atoms with E-state index in [2.05, 4.69) is 135 Å². The first kappa shape index (κ1) is 20.7. The van der Waals surface area contributed by atoms with Crippen molar-refractivity contribution < 1.29 is 0 Å². The molecule has 0 unspecified atom stereocenters. The Bertz CT molecular complexity index is 1130. The van der Waals surface area contributed by atoms with E-state index < -0.39 is 0 Å². The molecule has 4 rings (SSSR count). The largest absolute Gasteiger partial charge is 0.337 e. The molecule has 0 spiro atoms. The third-order valence-corrected chi connectivity index (χ3v) is 5.44. The second-order valence-electron chi connectivity index (χ2n) is 8.25. The van der Waals surface area contributed by atoms with Crippen LogP contribution in [0.4, 0.5) is 11.4 Å². The molecule has 0 fully saturated rings. The lowest BCUT2D eigenvalue weighted by molar-refractivity contribution is 0.970. The molecule has 0 radical (unpaired) electrons. The quantitative estimate of drug-likeness (QED) is 0.294. The molecule has 0 aliphatic carbocycles. The standard InChI is InChI=1S/C30H29N/c1-23-9-11-26(12-10-23)13-14-27-15-17-30(18-16-27)31(29-7-5-4-6-8-29)22-28-20-24(2)19-25(3)21-28/h4-21H,22H2,1-3H3. The van der Waals surface area contributed by atoms with E-state index in [0.29, 0.717) is 0 Å². The van der Waals surface area contributed by atoms with E-state index in [1.54, 1.807) is 0 Å². The van der Waals surface area contributed by atoms with Crippen molar-refractivity contribution in [2.75, 3.05) is 4.90 Å². The van der Waals surface area contributed by atoms with Crippen LogP contribution in [-0.2, 0) is 6.54 Å². The predicted octanol–water partition coefficient (Wildman–Crippen LogP) is 8.12. The zero-order valence-electron chi connectivity index (χ0n) is 18.5. The monoisotopic (exact) mass is 403 g/mol. The van der Waals surface area contributed by atoms with Crippen LogP contribution in [0.15, 0.2) is 97.1 Å². The molecule has 1 nitrogen and oxygen atoms in total. The molecule has 4 aromatic carbocycles. The van der Waals surface area contributed by atoms with Crippen LogP contribution in [0.1, 0.15) is 33.4 Å². The van der Waals surface area contributed by atoms with Gasteiger partial charge in [-0.05, 0) is 61.7 Å². The van der Waals surface area contributed by atoms with Crippen LogP contribution in [0.25, 0.3) is 12.2 Å². The maximum absolute atomic E-state index is 2.38. The summed E-state index contributed by atoms with van der Waals surface area (Å²) in [6.07, 6.45) is 4.34. The second kappa shape index (κ2) is 9.49. The van der Waals surface area contributed by atoms with E-state index in [9.17, 15) is 0 Å². The van der Waals surface area contributed by atoms with E-state index in [1.807, 2.05) is 0 Å². The summed E-state index contributed by atoms with van der Waals surface area (Å²) in [5, 5.41) is 0. The molecule has 31 heavy (non-hydrogen) atoms. The van der Waals surface area contributed by atoms with Gasteiger partial charge in [-0.2, -0.15) is 0 Å². The zero-order chi connectivity index (χ0) is 21.6. The molecule has 0 aliphatic rings. The van der Waals surface area contributed by atoms with Crippen molar-refractivity contribution in [3.8, 4) is 0 Å². The van der Waals surface area contributed by atoms with E-state index in [1.165, 1.54) is 44.8 Å². The van der Waals surface area contributed by atoms with E-state index >= 15 is 0 Å². The summed E-state index contributed by atoms with van der Waals surface area (Å²) in [4.78, 5) is 2.38. The number of nitrogens with zero attached hydrogens (tertiary/aromatic N) is 1. The van der Waals surface area contributed by atoms with Gasteiger partial charge in [0.2, 0.25) is 0 Å². The molecule has 0 saturated heterocycles. The fourth-order valence-electron chi connectivity index (χ4n) is 3.92. The average molecular weight is 404 g/mol. The highest BCUT2D eigenvalue weighted by molar-refractivity contribution is 5.72. The van der Waals surface area contributed by atoms with Crippen LogP contribution in [0.5, 0.6) is 0 Å². The number of anilines is 2. The fourth-order valence-corrected chi connectivity index (χ4v) is 3.92. The van der Waals surface area contributed by atoms with Crippen molar-refractivity contribution in [1.82, 2.24) is 0 Å². The molecule has 0 aromatic heterocycles. The molecule has 0 atom stereocenters. The van der Waals surface area contributed by atoms with Crippen LogP contribution in [0.3, 0.4) is 0 Å². The highest BCUT2D eigenvalue weighted by Crippen LogP contribution is 2.28. The number of hydrogen-bond donors (Lipinski definition) is 0. The van der Waals surface area contributed by atoms with Gasteiger partial charge in [-0.25, -0.2) is 0 Å². The van der Waals surface area contributed by atoms with Crippen molar-refractivity contribution >= 4 is 23.5 Å². The second-order valence-corrected chi connectivity index (χ2v) is 8.25. The van der Waals surface area contributed by atoms with Crippen molar-refractivity contribution in [1.29, 1.82) is 0 Å².